The molecule has 1 amide bonds. The Hall–Kier alpha value is -1.24. The van der Waals surface area contributed by atoms with Crippen molar-refractivity contribution in [1.82, 2.24) is 20.1 Å². The van der Waals surface area contributed by atoms with Crippen LogP contribution in [0.3, 0.4) is 0 Å². The standard InChI is InChI=1S/C14H14Cl2N4OS/c15-9-3-4-11(16)10(7-9)13-17-14(19-18-13)22-8-12(21)20-5-1-2-6-20/h3-4,7H,1-2,5-6,8H2,(H,17,18,19). The lowest BCUT2D eigenvalue weighted by molar-refractivity contribution is -0.127. The molecule has 1 aliphatic rings. The molecule has 2 heterocycles. The fourth-order valence-corrected chi connectivity index (χ4v) is 3.37. The molecule has 22 heavy (non-hydrogen) atoms. The van der Waals surface area contributed by atoms with Gasteiger partial charge in [-0.3, -0.25) is 9.89 Å². The van der Waals surface area contributed by atoms with Crippen molar-refractivity contribution in [2.45, 2.75) is 18.0 Å². The molecule has 1 fully saturated rings. The average molecular weight is 357 g/mol. The van der Waals surface area contributed by atoms with Crippen LogP contribution in [0.1, 0.15) is 12.8 Å². The number of carbonyl (C=O) groups is 1. The van der Waals surface area contributed by atoms with Crippen molar-refractivity contribution >= 4 is 40.9 Å². The minimum Gasteiger partial charge on any atom is -0.342 e. The van der Waals surface area contributed by atoms with Gasteiger partial charge in [0.25, 0.3) is 0 Å². The van der Waals surface area contributed by atoms with Crippen LogP contribution >= 0.6 is 35.0 Å². The summed E-state index contributed by atoms with van der Waals surface area (Å²) in [5, 5.41) is 8.60. The van der Waals surface area contributed by atoms with E-state index in [4.69, 9.17) is 23.2 Å². The molecule has 8 heteroatoms. The Kier molecular flexibility index (Phi) is 4.90. The number of nitrogens with one attached hydrogen (secondary N) is 1. The quantitative estimate of drug-likeness (QED) is 0.851. The number of hydrogen-bond donors (Lipinski definition) is 1. The van der Waals surface area contributed by atoms with E-state index >= 15 is 0 Å². The molecule has 0 spiro atoms. The summed E-state index contributed by atoms with van der Waals surface area (Å²) in [7, 11) is 0. The monoisotopic (exact) mass is 356 g/mol. The fourth-order valence-electron chi connectivity index (χ4n) is 2.29. The van der Waals surface area contributed by atoms with Gasteiger partial charge in [0.15, 0.2) is 5.82 Å². The first kappa shape index (κ1) is 15.6. The Morgan fingerprint density at radius 2 is 2.09 bits per heavy atom. The van der Waals surface area contributed by atoms with Crippen LogP contribution in [0.15, 0.2) is 23.4 Å². The predicted octanol–water partition coefficient (Wildman–Crippen LogP) is 3.49. The first-order chi connectivity index (χ1) is 10.6. The molecule has 2 aromatic rings. The number of benzene rings is 1. The van der Waals surface area contributed by atoms with Crippen LogP contribution in [0, 0.1) is 0 Å². The summed E-state index contributed by atoms with van der Waals surface area (Å²) in [6.45, 7) is 1.72. The summed E-state index contributed by atoms with van der Waals surface area (Å²) >= 11 is 13.4. The van der Waals surface area contributed by atoms with Crippen LogP contribution < -0.4 is 0 Å². The van der Waals surface area contributed by atoms with Gasteiger partial charge >= 0.3 is 0 Å². The lowest BCUT2D eigenvalue weighted by atomic mass is 10.2. The fraction of sp³-hybridized carbons (Fsp3) is 0.357. The van der Waals surface area contributed by atoms with E-state index in [-0.39, 0.29) is 5.91 Å². The van der Waals surface area contributed by atoms with Gasteiger partial charge in [0.2, 0.25) is 11.1 Å². The number of halogens is 2. The Morgan fingerprint density at radius 3 is 2.86 bits per heavy atom. The molecule has 0 aliphatic carbocycles. The highest BCUT2D eigenvalue weighted by Crippen LogP contribution is 2.29. The van der Waals surface area contributed by atoms with Crippen LogP contribution in [0.25, 0.3) is 11.4 Å². The third-order valence-corrected chi connectivity index (χ3v) is 4.83. The van der Waals surface area contributed by atoms with Crippen LogP contribution in [-0.4, -0.2) is 44.8 Å². The van der Waals surface area contributed by atoms with Crippen molar-refractivity contribution in [2.75, 3.05) is 18.8 Å². The second-order valence-electron chi connectivity index (χ2n) is 4.97. The van der Waals surface area contributed by atoms with Gasteiger partial charge in [-0.2, -0.15) is 0 Å². The van der Waals surface area contributed by atoms with Crippen molar-refractivity contribution in [1.29, 1.82) is 0 Å². The van der Waals surface area contributed by atoms with Gasteiger partial charge in [-0.05, 0) is 31.0 Å². The normalized spacial score (nSPS) is 14.5. The number of likely N-dealkylation sites (tertiary alicyclic amines) is 1. The second-order valence-corrected chi connectivity index (χ2v) is 6.75. The van der Waals surface area contributed by atoms with E-state index in [0.717, 1.165) is 25.9 Å². The molecule has 1 saturated heterocycles. The van der Waals surface area contributed by atoms with Crippen LogP contribution in [0.2, 0.25) is 10.0 Å². The molecular weight excluding hydrogens is 343 g/mol. The summed E-state index contributed by atoms with van der Waals surface area (Å²) in [6, 6.07) is 5.16. The third-order valence-electron chi connectivity index (χ3n) is 3.43. The summed E-state index contributed by atoms with van der Waals surface area (Å²) in [6.07, 6.45) is 2.18. The van der Waals surface area contributed by atoms with Crippen LogP contribution in [-0.2, 0) is 4.79 Å². The number of thioether (sulfide) groups is 1. The van der Waals surface area contributed by atoms with Gasteiger partial charge in [-0.15, -0.1) is 5.10 Å². The van der Waals surface area contributed by atoms with Gasteiger partial charge in [0.05, 0.1) is 10.8 Å². The average Bonchev–Trinajstić information content (AvgIpc) is 3.18. The first-order valence-electron chi connectivity index (χ1n) is 6.92. The van der Waals surface area contributed by atoms with E-state index in [2.05, 4.69) is 15.2 Å². The minimum atomic E-state index is 0.134. The molecule has 0 unspecified atom stereocenters. The topological polar surface area (TPSA) is 61.9 Å². The SMILES string of the molecule is O=C(CSc1n[nH]c(-c2cc(Cl)ccc2Cl)n1)N1CCCC1. The van der Waals surface area contributed by atoms with Crippen molar-refractivity contribution in [2.24, 2.45) is 0 Å². The zero-order valence-electron chi connectivity index (χ0n) is 11.7. The third kappa shape index (κ3) is 3.56. The summed E-state index contributed by atoms with van der Waals surface area (Å²) in [5.74, 6) is 1.03. The molecule has 1 aromatic carbocycles. The number of amides is 1. The maximum Gasteiger partial charge on any atom is 0.233 e. The summed E-state index contributed by atoms with van der Waals surface area (Å²) in [4.78, 5) is 18.2. The molecule has 0 saturated carbocycles. The van der Waals surface area contributed by atoms with Crippen molar-refractivity contribution in [3.63, 3.8) is 0 Å². The molecule has 116 valence electrons. The summed E-state index contributed by atoms with van der Waals surface area (Å²) in [5.41, 5.74) is 0.694. The van der Waals surface area contributed by atoms with E-state index in [0.29, 0.717) is 32.3 Å². The molecule has 0 bridgehead atoms. The zero-order valence-corrected chi connectivity index (χ0v) is 14.0. The molecule has 1 aromatic heterocycles. The molecule has 1 N–H and O–H groups in total. The van der Waals surface area contributed by atoms with Crippen molar-refractivity contribution in [3.8, 4) is 11.4 Å². The molecule has 0 radical (unpaired) electrons. The predicted molar refractivity (Wildman–Crippen MR) is 88.4 cm³/mol. The first-order valence-corrected chi connectivity index (χ1v) is 8.66. The van der Waals surface area contributed by atoms with Crippen molar-refractivity contribution in [3.05, 3.63) is 28.2 Å². The van der Waals surface area contributed by atoms with E-state index in [1.54, 1.807) is 18.2 Å². The lowest BCUT2D eigenvalue weighted by Crippen LogP contribution is -2.29. The van der Waals surface area contributed by atoms with E-state index in [1.807, 2.05) is 4.90 Å². The molecule has 5 nitrogen and oxygen atoms in total. The van der Waals surface area contributed by atoms with Gasteiger partial charge in [-0.1, -0.05) is 35.0 Å². The van der Waals surface area contributed by atoms with Crippen molar-refractivity contribution < 1.29 is 4.79 Å². The number of rotatable bonds is 4. The van der Waals surface area contributed by atoms with Gasteiger partial charge in [0.1, 0.15) is 0 Å². The van der Waals surface area contributed by atoms with Crippen LogP contribution in [0.5, 0.6) is 0 Å². The maximum atomic E-state index is 12.0. The Balaban J connectivity index is 1.66. The van der Waals surface area contributed by atoms with E-state index in [9.17, 15) is 4.79 Å². The number of aromatic amines is 1. The van der Waals surface area contributed by atoms with Gasteiger partial charge in [-0.25, -0.2) is 4.98 Å². The number of aromatic nitrogens is 3. The highest BCUT2D eigenvalue weighted by atomic mass is 35.5. The maximum absolute atomic E-state index is 12.0. The Morgan fingerprint density at radius 1 is 1.32 bits per heavy atom. The Bertz CT molecular complexity index is 685. The summed E-state index contributed by atoms with van der Waals surface area (Å²) < 4.78 is 0. The number of nitrogens with zero attached hydrogens (tertiary/aromatic N) is 3. The number of H-pyrrole nitrogens is 1. The lowest BCUT2D eigenvalue weighted by Gasteiger charge is -2.13. The Labute approximate surface area is 142 Å². The van der Waals surface area contributed by atoms with E-state index in [1.165, 1.54) is 11.8 Å². The number of carbonyl (C=O) groups excluding carboxylic acids is 1. The largest absolute Gasteiger partial charge is 0.342 e. The number of hydrogen-bond acceptors (Lipinski definition) is 4. The van der Waals surface area contributed by atoms with Gasteiger partial charge < -0.3 is 4.90 Å². The second kappa shape index (κ2) is 6.89. The highest BCUT2D eigenvalue weighted by molar-refractivity contribution is 7.99. The smallest absolute Gasteiger partial charge is 0.233 e. The van der Waals surface area contributed by atoms with Crippen LogP contribution in [0.4, 0.5) is 0 Å². The zero-order chi connectivity index (χ0) is 15.5. The highest BCUT2D eigenvalue weighted by Gasteiger charge is 2.19. The molecular formula is C14H14Cl2N4OS. The molecule has 0 atom stereocenters. The van der Waals surface area contributed by atoms with Gasteiger partial charge in [0, 0.05) is 23.7 Å². The molecule has 3 rings (SSSR count). The minimum absolute atomic E-state index is 0.134. The van der Waals surface area contributed by atoms with E-state index < -0.39 is 0 Å². The molecule has 1 aliphatic heterocycles.